The molecule has 5 aromatic rings. The fourth-order valence-corrected chi connectivity index (χ4v) is 8.98. The van der Waals surface area contributed by atoms with Crippen LogP contribution >= 0.6 is 0 Å². The number of pyridine rings is 1. The van der Waals surface area contributed by atoms with Gasteiger partial charge >= 0.3 is 0 Å². The lowest BCUT2D eigenvalue weighted by Crippen LogP contribution is -2.40. The van der Waals surface area contributed by atoms with E-state index in [0.717, 1.165) is 18.4 Å². The van der Waals surface area contributed by atoms with Gasteiger partial charge in [0.05, 0.1) is 55.8 Å². The van der Waals surface area contributed by atoms with E-state index in [-0.39, 0.29) is 52.8 Å². The zero-order valence-electron chi connectivity index (χ0n) is 28.0. The number of anilines is 1. The number of benzene rings is 2. The van der Waals surface area contributed by atoms with Gasteiger partial charge in [0.25, 0.3) is 0 Å². The van der Waals surface area contributed by atoms with Crippen LogP contribution in [0.4, 0.5) is 5.69 Å². The molecule has 0 saturated carbocycles. The average molecular weight is 652 g/mol. The van der Waals surface area contributed by atoms with Crippen molar-refractivity contribution in [3.8, 4) is 11.3 Å². The number of hydrogen-bond donors (Lipinski definition) is 0. The second kappa shape index (κ2) is 11.2. The second-order valence-corrected chi connectivity index (χ2v) is 16.2. The lowest BCUT2D eigenvalue weighted by atomic mass is 9.86. The summed E-state index contributed by atoms with van der Waals surface area (Å²) < 4.78 is 85.6. The lowest BCUT2D eigenvalue weighted by molar-refractivity contribution is 0.0552. The van der Waals surface area contributed by atoms with Crippen molar-refractivity contribution < 1.29 is 25.7 Å². The summed E-state index contributed by atoms with van der Waals surface area (Å²) in [7, 11) is -5.35. The molecule has 236 valence electrons. The monoisotopic (exact) mass is 651 g/mol. The van der Waals surface area contributed by atoms with E-state index in [9.17, 15) is 16.8 Å². The van der Waals surface area contributed by atoms with E-state index in [1.807, 2.05) is 41.3 Å². The molecular weight excluding hydrogens is 613 g/mol. The van der Waals surface area contributed by atoms with Gasteiger partial charge < -0.3 is 14.2 Å². The number of nitrogens with zero attached hydrogens (tertiary/aromatic N) is 6. The molecule has 1 atom stereocenters. The fourth-order valence-electron chi connectivity index (χ4n) is 6.91. The van der Waals surface area contributed by atoms with Gasteiger partial charge in [-0.1, -0.05) is 35.5 Å². The van der Waals surface area contributed by atoms with Crippen LogP contribution in [0.3, 0.4) is 0 Å². The molecule has 5 heterocycles. The molecule has 11 nitrogen and oxygen atoms in total. The van der Waals surface area contributed by atoms with Crippen molar-refractivity contribution in [1.82, 2.24) is 24.5 Å². The Labute approximate surface area is 266 Å². The number of ether oxygens (including phenoxy) is 1. The molecule has 2 aromatic carbocycles. The average Bonchev–Trinajstić information content (AvgIpc) is 3.60. The molecule has 2 fully saturated rings. The van der Waals surface area contributed by atoms with Gasteiger partial charge in [0.15, 0.2) is 19.7 Å². The number of hydrogen-bond acceptors (Lipinski definition) is 9. The van der Waals surface area contributed by atoms with E-state index in [2.05, 4.69) is 14.9 Å². The summed E-state index contributed by atoms with van der Waals surface area (Å²) in [6, 6.07) is 14.8. The number of aromatic nitrogens is 5. The van der Waals surface area contributed by atoms with E-state index < -0.39 is 26.5 Å². The summed E-state index contributed by atoms with van der Waals surface area (Å²) in [6.07, 6.45) is 4.23. The van der Waals surface area contributed by atoms with E-state index in [1.165, 1.54) is 10.9 Å². The van der Waals surface area contributed by atoms with Crippen molar-refractivity contribution in [1.29, 1.82) is 0 Å². The second-order valence-electron chi connectivity index (χ2n) is 11.9. The highest BCUT2D eigenvalue weighted by molar-refractivity contribution is 7.91. The van der Waals surface area contributed by atoms with Crippen molar-refractivity contribution in [3.63, 3.8) is 0 Å². The molecule has 2 aliphatic heterocycles. The predicted molar refractivity (Wildman–Crippen MR) is 174 cm³/mol. The summed E-state index contributed by atoms with van der Waals surface area (Å²) in [4.78, 5) is 7.05. The zero-order valence-corrected chi connectivity index (χ0v) is 26.7. The molecule has 13 heteroatoms. The quantitative estimate of drug-likeness (QED) is 0.268. The summed E-state index contributed by atoms with van der Waals surface area (Å²) >= 11 is 0. The molecule has 0 unspecified atom stereocenters. The number of aryl methyl sites for hydroxylation is 2. The molecule has 0 bridgehead atoms. The first kappa shape index (κ1) is 26.4. The summed E-state index contributed by atoms with van der Waals surface area (Å²) in [5.74, 6) is 0.0354. The minimum atomic E-state index is -3.78. The smallest absolute Gasteiger partial charge is 0.177 e. The van der Waals surface area contributed by atoms with Crippen molar-refractivity contribution >= 4 is 47.3 Å². The molecule has 2 saturated heterocycles. The predicted octanol–water partition coefficient (Wildman–Crippen LogP) is 3.95. The third kappa shape index (κ3) is 5.30. The Hall–Kier alpha value is -3.81. The van der Waals surface area contributed by atoms with Gasteiger partial charge in [-0.2, -0.15) is 0 Å². The third-order valence-electron chi connectivity index (χ3n) is 9.04. The first-order valence-electron chi connectivity index (χ1n) is 16.4. The summed E-state index contributed by atoms with van der Waals surface area (Å²) in [6.45, 7) is -0.908. The Balaban J connectivity index is 1.62. The number of rotatable bonds is 6. The minimum absolute atomic E-state index is 0.0152. The van der Waals surface area contributed by atoms with Crippen LogP contribution in [0.1, 0.15) is 34.3 Å². The zero-order chi connectivity index (χ0) is 34.0. The maximum atomic E-state index is 13.6. The van der Waals surface area contributed by atoms with Crippen LogP contribution in [0.25, 0.3) is 33.2 Å². The van der Waals surface area contributed by atoms with Gasteiger partial charge in [-0.05, 0) is 49.4 Å². The lowest BCUT2D eigenvalue weighted by Gasteiger charge is -2.34. The van der Waals surface area contributed by atoms with Crippen molar-refractivity contribution in [2.45, 2.75) is 30.6 Å². The fraction of sp³-hybridized carbons (Fsp3) is 0.406. The first-order valence-corrected chi connectivity index (χ1v) is 18.6. The van der Waals surface area contributed by atoms with Gasteiger partial charge in [-0.3, -0.25) is 4.98 Å². The minimum Gasteiger partial charge on any atom is -0.381 e. The van der Waals surface area contributed by atoms with Gasteiger partial charge in [0, 0.05) is 61.2 Å². The highest BCUT2D eigenvalue weighted by atomic mass is 32.2. The summed E-state index contributed by atoms with van der Waals surface area (Å²) in [5.41, 5.74) is 3.88. The molecule has 3 aromatic heterocycles. The Kier molecular flexibility index (Phi) is 6.58. The maximum absolute atomic E-state index is 13.6. The highest BCUT2D eigenvalue weighted by Crippen LogP contribution is 2.46. The maximum Gasteiger partial charge on any atom is 0.177 e. The molecule has 45 heavy (non-hydrogen) atoms. The van der Waals surface area contributed by atoms with Crippen LogP contribution in [0.15, 0.2) is 59.6 Å². The molecule has 2 aliphatic rings. The number of fused-ring (bicyclic) bond motifs is 3. The van der Waals surface area contributed by atoms with Crippen LogP contribution in [0.2, 0.25) is 0 Å². The molecule has 0 spiro atoms. The van der Waals surface area contributed by atoms with Crippen molar-refractivity contribution in [2.24, 2.45) is 13.0 Å². The van der Waals surface area contributed by atoms with Crippen LogP contribution in [0.5, 0.6) is 0 Å². The Morgan fingerprint density at radius 2 is 1.80 bits per heavy atom. The molecule has 0 N–H and O–H groups in total. The van der Waals surface area contributed by atoms with Crippen LogP contribution in [-0.2, 0) is 31.5 Å². The molecular formula is C32H36N6O5S2. The van der Waals surface area contributed by atoms with Crippen LogP contribution < -0.4 is 4.90 Å². The topological polar surface area (TPSA) is 129 Å². The SMILES string of the molecule is [2H]C([2H])([2H])c1nnn(C)c1-c1cnc2c3c(N4CCS(=O)(=O)CC4)ccc(S(C)(=O)=O)c3n([C@H](c3ccccc3)C3CCOCC3)c2c1. The molecule has 0 amide bonds. The van der Waals surface area contributed by atoms with Crippen LogP contribution in [0, 0.1) is 12.8 Å². The Morgan fingerprint density at radius 3 is 2.49 bits per heavy atom. The van der Waals surface area contributed by atoms with Gasteiger partial charge in [-0.25, -0.2) is 21.5 Å². The first-order chi connectivity index (χ1) is 22.7. The standard InChI is InChI=1S/C32H36N6O5S2/c1-21-30(36(2)35-34-21)24-19-26-29(33-20-24)28-25(37-13-17-45(41,42)18-14-37)9-10-27(44(3,39)40)32(28)38(26)31(22-7-5-4-6-8-22)23-11-15-43-16-12-23/h4-10,19-20,23,31H,11-18H2,1-3H3/t31-/m1/s1/i1D3. The normalized spacial score (nSPS) is 19.8. The van der Waals surface area contributed by atoms with Gasteiger partial charge in [-0.15, -0.1) is 5.10 Å². The Bertz CT molecular complexity index is 2230. The van der Waals surface area contributed by atoms with Crippen LogP contribution in [-0.4, -0.2) is 85.4 Å². The van der Waals surface area contributed by atoms with Crippen molar-refractivity contribution in [3.05, 3.63) is 66.0 Å². The highest BCUT2D eigenvalue weighted by Gasteiger charge is 2.34. The van der Waals surface area contributed by atoms with E-state index in [0.29, 0.717) is 46.4 Å². The van der Waals surface area contributed by atoms with E-state index >= 15 is 0 Å². The van der Waals surface area contributed by atoms with Gasteiger partial charge in [0.2, 0.25) is 0 Å². The molecule has 7 rings (SSSR count). The largest absolute Gasteiger partial charge is 0.381 e. The van der Waals surface area contributed by atoms with E-state index in [1.54, 1.807) is 25.4 Å². The van der Waals surface area contributed by atoms with Gasteiger partial charge in [0.1, 0.15) is 0 Å². The van der Waals surface area contributed by atoms with Crippen molar-refractivity contribution in [2.75, 3.05) is 49.0 Å². The molecule has 0 aliphatic carbocycles. The third-order valence-corrected chi connectivity index (χ3v) is 11.8. The Morgan fingerprint density at radius 1 is 1.07 bits per heavy atom. The molecule has 0 radical (unpaired) electrons. The van der Waals surface area contributed by atoms with E-state index in [4.69, 9.17) is 13.8 Å². The summed E-state index contributed by atoms with van der Waals surface area (Å²) in [5, 5.41) is 8.59. The number of sulfone groups is 2.